The van der Waals surface area contributed by atoms with Crippen LogP contribution in [0.5, 0.6) is 0 Å². The number of esters is 1. The molecule has 0 saturated carbocycles. The van der Waals surface area contributed by atoms with Gasteiger partial charge in [0.25, 0.3) is 0 Å². The first-order valence-electron chi connectivity index (χ1n) is 4.31. The summed E-state index contributed by atoms with van der Waals surface area (Å²) in [5.74, 6) is 0.364. The highest BCUT2D eigenvalue weighted by atomic mass is 16.5. The summed E-state index contributed by atoms with van der Waals surface area (Å²) >= 11 is 0. The van der Waals surface area contributed by atoms with Gasteiger partial charge in [-0.1, -0.05) is 27.2 Å². The van der Waals surface area contributed by atoms with E-state index < -0.39 is 0 Å². The van der Waals surface area contributed by atoms with E-state index in [9.17, 15) is 4.79 Å². The first-order chi connectivity index (χ1) is 5.11. The molecule has 0 rings (SSSR count). The van der Waals surface area contributed by atoms with Gasteiger partial charge in [-0.15, -0.1) is 0 Å². The minimum Gasteiger partial charge on any atom is -0.462 e. The molecule has 0 saturated heterocycles. The second-order valence-corrected chi connectivity index (χ2v) is 2.93. The van der Waals surface area contributed by atoms with Crippen molar-refractivity contribution in [2.75, 3.05) is 0 Å². The van der Waals surface area contributed by atoms with Gasteiger partial charge in [0.1, 0.15) is 6.10 Å². The Hall–Kier alpha value is -0.530. The van der Waals surface area contributed by atoms with Crippen LogP contribution in [0.3, 0.4) is 0 Å². The highest BCUT2D eigenvalue weighted by Gasteiger charge is 2.13. The molecule has 11 heavy (non-hydrogen) atoms. The van der Waals surface area contributed by atoms with Gasteiger partial charge in [-0.3, -0.25) is 4.79 Å². The SMILES string of the molecule is CCC(=O)OC(C)C(C)CC. The molecule has 0 N–H and O–H groups in total. The number of carbonyl (C=O) groups excluding carboxylic acids is 1. The third kappa shape index (κ3) is 4.02. The number of ether oxygens (including phenoxy) is 1. The smallest absolute Gasteiger partial charge is 0.305 e. The predicted octanol–water partition coefficient (Wildman–Crippen LogP) is 2.37. The van der Waals surface area contributed by atoms with E-state index in [0.29, 0.717) is 12.3 Å². The van der Waals surface area contributed by atoms with E-state index in [4.69, 9.17) is 4.74 Å². The van der Waals surface area contributed by atoms with Gasteiger partial charge in [-0.2, -0.15) is 0 Å². The first kappa shape index (κ1) is 10.5. The molecule has 2 unspecified atom stereocenters. The molecule has 0 radical (unpaired) electrons. The average Bonchev–Trinajstić information content (AvgIpc) is 2.02. The third-order valence-electron chi connectivity index (χ3n) is 2.05. The monoisotopic (exact) mass is 158 g/mol. The zero-order chi connectivity index (χ0) is 8.85. The minimum absolute atomic E-state index is 0.0625. The number of hydrogen-bond acceptors (Lipinski definition) is 2. The second-order valence-electron chi connectivity index (χ2n) is 2.93. The van der Waals surface area contributed by atoms with Crippen LogP contribution in [0, 0.1) is 5.92 Å². The van der Waals surface area contributed by atoms with Crippen molar-refractivity contribution < 1.29 is 9.53 Å². The fourth-order valence-corrected chi connectivity index (χ4v) is 0.739. The molecular formula is C9H18O2. The number of hydrogen-bond donors (Lipinski definition) is 0. The molecule has 0 aromatic heterocycles. The lowest BCUT2D eigenvalue weighted by Crippen LogP contribution is -2.20. The van der Waals surface area contributed by atoms with Crippen molar-refractivity contribution in [3.8, 4) is 0 Å². The molecule has 0 aromatic rings. The molecule has 2 atom stereocenters. The largest absolute Gasteiger partial charge is 0.462 e. The van der Waals surface area contributed by atoms with E-state index in [-0.39, 0.29) is 12.1 Å². The Labute approximate surface area is 68.9 Å². The summed E-state index contributed by atoms with van der Waals surface area (Å²) in [5.41, 5.74) is 0. The number of carbonyl (C=O) groups is 1. The van der Waals surface area contributed by atoms with Crippen LogP contribution in [0.2, 0.25) is 0 Å². The van der Waals surface area contributed by atoms with E-state index >= 15 is 0 Å². The zero-order valence-electron chi connectivity index (χ0n) is 7.89. The molecular weight excluding hydrogens is 140 g/mol. The normalized spacial score (nSPS) is 15.6. The van der Waals surface area contributed by atoms with Crippen molar-refractivity contribution in [3.63, 3.8) is 0 Å². The molecule has 0 amide bonds. The highest BCUT2D eigenvalue weighted by Crippen LogP contribution is 2.10. The summed E-state index contributed by atoms with van der Waals surface area (Å²) in [6.45, 7) is 7.95. The summed E-state index contributed by atoms with van der Waals surface area (Å²) < 4.78 is 5.11. The Bertz CT molecular complexity index is 121. The Morgan fingerprint density at radius 3 is 2.27 bits per heavy atom. The highest BCUT2D eigenvalue weighted by molar-refractivity contribution is 5.69. The van der Waals surface area contributed by atoms with Crippen LogP contribution in [-0.4, -0.2) is 12.1 Å². The van der Waals surface area contributed by atoms with Gasteiger partial charge in [0, 0.05) is 6.42 Å². The van der Waals surface area contributed by atoms with Crippen LogP contribution in [0.25, 0.3) is 0 Å². The quantitative estimate of drug-likeness (QED) is 0.587. The summed E-state index contributed by atoms with van der Waals surface area (Å²) in [5, 5.41) is 0. The van der Waals surface area contributed by atoms with Crippen LogP contribution >= 0.6 is 0 Å². The van der Waals surface area contributed by atoms with Crippen LogP contribution in [0.15, 0.2) is 0 Å². The van der Waals surface area contributed by atoms with Crippen molar-refractivity contribution in [3.05, 3.63) is 0 Å². The molecule has 0 aliphatic heterocycles. The van der Waals surface area contributed by atoms with Gasteiger partial charge < -0.3 is 4.74 Å². The lowest BCUT2D eigenvalue weighted by molar-refractivity contribution is -0.150. The topological polar surface area (TPSA) is 26.3 Å². The number of rotatable bonds is 4. The molecule has 2 heteroatoms. The van der Waals surface area contributed by atoms with Crippen molar-refractivity contribution in [1.82, 2.24) is 0 Å². The summed E-state index contributed by atoms with van der Waals surface area (Å²) in [4.78, 5) is 10.8. The summed E-state index contributed by atoms with van der Waals surface area (Å²) in [6.07, 6.45) is 1.59. The second kappa shape index (κ2) is 5.16. The molecule has 2 nitrogen and oxygen atoms in total. The van der Waals surface area contributed by atoms with Gasteiger partial charge >= 0.3 is 5.97 Å². The van der Waals surface area contributed by atoms with Crippen molar-refractivity contribution in [2.24, 2.45) is 5.92 Å². The summed E-state index contributed by atoms with van der Waals surface area (Å²) in [7, 11) is 0. The standard InChI is InChI=1S/C9H18O2/c1-5-7(3)8(4)11-9(10)6-2/h7-8H,5-6H2,1-4H3. The fourth-order valence-electron chi connectivity index (χ4n) is 0.739. The maximum absolute atomic E-state index is 10.8. The van der Waals surface area contributed by atoms with Crippen LogP contribution < -0.4 is 0 Å². The van der Waals surface area contributed by atoms with Gasteiger partial charge in [-0.05, 0) is 12.8 Å². The molecule has 0 aliphatic carbocycles. The van der Waals surface area contributed by atoms with Crippen molar-refractivity contribution in [1.29, 1.82) is 0 Å². The average molecular weight is 158 g/mol. The van der Waals surface area contributed by atoms with E-state index in [1.807, 2.05) is 13.8 Å². The third-order valence-corrected chi connectivity index (χ3v) is 2.05. The molecule has 0 bridgehead atoms. The van der Waals surface area contributed by atoms with E-state index in [1.165, 1.54) is 0 Å². The fraction of sp³-hybridized carbons (Fsp3) is 0.889. The molecule has 0 aliphatic rings. The maximum atomic E-state index is 10.8. The molecule has 0 aromatic carbocycles. The Morgan fingerprint density at radius 1 is 1.36 bits per heavy atom. The van der Waals surface area contributed by atoms with E-state index in [1.54, 1.807) is 0 Å². The van der Waals surface area contributed by atoms with E-state index in [0.717, 1.165) is 6.42 Å². The molecule has 66 valence electrons. The molecule has 0 fully saturated rings. The van der Waals surface area contributed by atoms with Gasteiger partial charge in [0.2, 0.25) is 0 Å². The first-order valence-corrected chi connectivity index (χ1v) is 4.31. The van der Waals surface area contributed by atoms with Crippen LogP contribution in [-0.2, 0) is 9.53 Å². The van der Waals surface area contributed by atoms with Crippen molar-refractivity contribution in [2.45, 2.75) is 46.6 Å². The Balaban J connectivity index is 3.67. The van der Waals surface area contributed by atoms with Gasteiger partial charge in [0.05, 0.1) is 0 Å². The van der Waals surface area contributed by atoms with E-state index in [2.05, 4.69) is 13.8 Å². The maximum Gasteiger partial charge on any atom is 0.305 e. The van der Waals surface area contributed by atoms with Gasteiger partial charge in [-0.25, -0.2) is 0 Å². The predicted molar refractivity (Wildman–Crippen MR) is 45.3 cm³/mol. The van der Waals surface area contributed by atoms with Gasteiger partial charge in [0.15, 0.2) is 0 Å². The van der Waals surface area contributed by atoms with Crippen LogP contribution in [0.1, 0.15) is 40.5 Å². The lowest BCUT2D eigenvalue weighted by atomic mass is 10.0. The molecule has 0 heterocycles. The van der Waals surface area contributed by atoms with Crippen molar-refractivity contribution >= 4 is 5.97 Å². The lowest BCUT2D eigenvalue weighted by Gasteiger charge is -2.18. The Morgan fingerprint density at radius 2 is 1.91 bits per heavy atom. The summed E-state index contributed by atoms with van der Waals surface area (Å²) in [6, 6.07) is 0. The Kier molecular flexibility index (Phi) is 4.92. The minimum atomic E-state index is -0.0993. The van der Waals surface area contributed by atoms with Crippen LogP contribution in [0.4, 0.5) is 0 Å². The molecule has 0 spiro atoms. The zero-order valence-corrected chi connectivity index (χ0v) is 7.89.